The van der Waals surface area contributed by atoms with Gasteiger partial charge < -0.3 is 20.1 Å². The molecule has 0 saturated carbocycles. The van der Waals surface area contributed by atoms with E-state index in [1.165, 1.54) is 250 Å². The molecule has 528 valence electrons. The van der Waals surface area contributed by atoms with Crippen LogP contribution in [-0.2, 0) is 32.7 Å². The molecule has 0 bridgehead atoms. The molecule has 0 amide bonds. The fraction of sp³-hybridized carbons (Fsp3) is 0.778. The summed E-state index contributed by atoms with van der Waals surface area (Å²) in [5.74, 6) is -0.824. The molecule has 3 N–H and O–H groups in total. The highest BCUT2D eigenvalue weighted by atomic mass is 31.2. The van der Waals surface area contributed by atoms with Gasteiger partial charge in [0.05, 0.1) is 13.2 Å². The summed E-state index contributed by atoms with van der Waals surface area (Å²) < 4.78 is 33.2. The Morgan fingerprint density at radius 3 is 0.912 bits per heavy atom. The van der Waals surface area contributed by atoms with Crippen molar-refractivity contribution in [3.8, 4) is 0 Å². The molecule has 0 aliphatic rings. The van der Waals surface area contributed by atoms with Gasteiger partial charge in [-0.3, -0.25) is 18.6 Å². The minimum Gasteiger partial charge on any atom is -0.462 e. The summed E-state index contributed by atoms with van der Waals surface area (Å²) in [6.45, 7) is 3.67. The van der Waals surface area contributed by atoms with Crippen molar-refractivity contribution in [1.29, 1.82) is 0 Å². The first kappa shape index (κ1) is 87.9. The van der Waals surface area contributed by atoms with Crippen molar-refractivity contribution < 1.29 is 37.6 Å². The van der Waals surface area contributed by atoms with Crippen molar-refractivity contribution >= 4 is 19.8 Å². The second-order valence-electron chi connectivity index (χ2n) is 25.8. The Morgan fingerprint density at radius 1 is 0.341 bits per heavy atom. The molecule has 0 aromatic carbocycles. The molecule has 9 nitrogen and oxygen atoms in total. The summed E-state index contributed by atoms with van der Waals surface area (Å²) in [5, 5.41) is 0. The molecule has 10 heteroatoms. The zero-order chi connectivity index (χ0) is 65.8. The van der Waals surface area contributed by atoms with Crippen LogP contribution in [0.1, 0.15) is 373 Å². The summed E-state index contributed by atoms with van der Waals surface area (Å²) >= 11 is 0. The van der Waals surface area contributed by atoms with Gasteiger partial charge in [0.25, 0.3) is 0 Å². The number of hydrogen-bond acceptors (Lipinski definition) is 8. The van der Waals surface area contributed by atoms with E-state index in [4.69, 9.17) is 24.3 Å². The van der Waals surface area contributed by atoms with Crippen LogP contribution in [0.15, 0.2) is 97.2 Å². The first-order valence-electron chi connectivity index (χ1n) is 38.7. The highest BCUT2D eigenvalue weighted by Crippen LogP contribution is 2.43. The predicted octanol–water partition coefficient (Wildman–Crippen LogP) is 25.9. The third-order valence-electron chi connectivity index (χ3n) is 17.0. The van der Waals surface area contributed by atoms with Gasteiger partial charge in [0, 0.05) is 19.4 Å². The molecule has 2 unspecified atom stereocenters. The smallest absolute Gasteiger partial charge is 0.462 e. The van der Waals surface area contributed by atoms with Crippen molar-refractivity contribution in [2.45, 2.75) is 380 Å². The molecule has 0 fully saturated rings. The number of allylic oxidation sites excluding steroid dienone is 16. The Kier molecular flexibility index (Phi) is 73.4. The molecule has 0 rings (SSSR count). The van der Waals surface area contributed by atoms with Gasteiger partial charge in [0.15, 0.2) is 6.10 Å². The third kappa shape index (κ3) is 75.8. The SMILES string of the molecule is CC/C=C\C/C=C\C/C=C\C/C=C\C/C=C\C/C=C\C/C=C\CCCCCCCCCCCC(=O)OC(COC(=O)CCCCCCCCCCCCCCCCCCCCCCCCCCCCC/C=C\CCCCCCCCCC)COP(=O)(O)OCCN. The lowest BCUT2D eigenvalue weighted by molar-refractivity contribution is -0.161. The molecule has 2 atom stereocenters. The molecule has 0 heterocycles. The number of carbonyl (C=O) groups excluding carboxylic acids is 2. The number of nitrogens with two attached hydrogens (primary N) is 1. The maximum absolute atomic E-state index is 12.8. The lowest BCUT2D eigenvalue weighted by Gasteiger charge is -2.19. The lowest BCUT2D eigenvalue weighted by Crippen LogP contribution is -2.29. The maximum atomic E-state index is 12.8. The molecule has 0 spiro atoms. The molecular formula is C81H146NO8P. The quantitative estimate of drug-likeness (QED) is 0.0264. The van der Waals surface area contributed by atoms with E-state index >= 15 is 0 Å². The van der Waals surface area contributed by atoms with Crippen molar-refractivity contribution in [2.24, 2.45) is 5.73 Å². The first-order valence-corrected chi connectivity index (χ1v) is 40.2. The van der Waals surface area contributed by atoms with Crippen LogP contribution in [0.5, 0.6) is 0 Å². The lowest BCUT2D eigenvalue weighted by atomic mass is 10.0. The molecule has 0 saturated heterocycles. The van der Waals surface area contributed by atoms with Gasteiger partial charge in [0.2, 0.25) is 0 Å². The number of hydrogen-bond donors (Lipinski definition) is 2. The van der Waals surface area contributed by atoms with Gasteiger partial charge in [-0.25, -0.2) is 4.57 Å². The topological polar surface area (TPSA) is 134 Å². The monoisotopic (exact) mass is 1290 g/mol. The summed E-state index contributed by atoms with van der Waals surface area (Å²) in [6, 6.07) is 0. The van der Waals surface area contributed by atoms with Crippen LogP contribution in [0.2, 0.25) is 0 Å². The van der Waals surface area contributed by atoms with E-state index in [0.717, 1.165) is 89.9 Å². The van der Waals surface area contributed by atoms with E-state index in [-0.39, 0.29) is 38.6 Å². The van der Waals surface area contributed by atoms with Crippen LogP contribution >= 0.6 is 7.82 Å². The Bertz CT molecular complexity index is 1820. The van der Waals surface area contributed by atoms with E-state index in [2.05, 4.69) is 111 Å². The zero-order valence-corrected chi connectivity index (χ0v) is 60.5. The van der Waals surface area contributed by atoms with Crippen LogP contribution < -0.4 is 5.73 Å². The third-order valence-corrected chi connectivity index (χ3v) is 17.9. The van der Waals surface area contributed by atoms with Gasteiger partial charge in [-0.05, 0) is 96.3 Å². The van der Waals surface area contributed by atoms with Gasteiger partial charge >= 0.3 is 19.8 Å². The number of ether oxygens (including phenoxy) is 2. The van der Waals surface area contributed by atoms with Crippen molar-refractivity contribution in [3.05, 3.63) is 97.2 Å². The van der Waals surface area contributed by atoms with E-state index in [0.29, 0.717) is 6.42 Å². The standard InChI is InChI=1S/C81H146NO8P/c1-3-5-7-9-11-13-15-17-19-21-23-25-27-29-31-33-35-36-37-38-39-40-41-42-44-45-47-49-51-53-55-57-59-61-63-65-67-69-71-73-80(83)87-77-79(78-89-91(85,86)88-76-75-82)90-81(84)74-72-70-68-66-64-62-60-58-56-54-52-50-48-46-43-34-32-30-28-26-24-22-20-18-16-14-12-10-8-6-4-2/h6,8,12,14,18,20-21,23-24,26,30,32,43,46,50,52,79H,3-5,7,9-11,13,15-17,19,22,25,27-29,31,33-42,44-45,47-49,51,53-78,82H2,1-2H3,(H,85,86)/b8-6-,14-12-,20-18-,23-21-,26-24-,32-30-,46-43-,52-50-. The molecule has 0 aromatic rings. The van der Waals surface area contributed by atoms with Gasteiger partial charge in [-0.15, -0.1) is 0 Å². The zero-order valence-electron chi connectivity index (χ0n) is 59.6. The number of carbonyl (C=O) groups is 2. The van der Waals surface area contributed by atoms with E-state index in [9.17, 15) is 19.0 Å². The van der Waals surface area contributed by atoms with Crippen LogP contribution in [0.3, 0.4) is 0 Å². The minimum absolute atomic E-state index is 0.0499. The molecule has 0 radical (unpaired) electrons. The average molecular weight is 1290 g/mol. The number of phosphoric acid groups is 1. The largest absolute Gasteiger partial charge is 0.472 e. The number of unbranched alkanes of at least 4 members (excludes halogenated alkanes) is 44. The van der Waals surface area contributed by atoms with Gasteiger partial charge in [0.1, 0.15) is 6.61 Å². The Labute approximate surface area is 563 Å². The fourth-order valence-corrected chi connectivity index (χ4v) is 12.0. The van der Waals surface area contributed by atoms with E-state index in [1.54, 1.807) is 0 Å². The highest BCUT2D eigenvalue weighted by Gasteiger charge is 2.26. The summed E-state index contributed by atoms with van der Waals surface area (Å²) in [5.41, 5.74) is 5.41. The number of phosphoric ester groups is 1. The summed E-state index contributed by atoms with van der Waals surface area (Å²) in [6.07, 6.45) is 104. The first-order chi connectivity index (χ1) is 44.8. The number of rotatable bonds is 73. The van der Waals surface area contributed by atoms with E-state index in [1.807, 2.05) is 0 Å². The molecular weight excluding hydrogens is 1150 g/mol. The summed E-state index contributed by atoms with van der Waals surface area (Å²) in [4.78, 5) is 35.4. The summed E-state index contributed by atoms with van der Waals surface area (Å²) in [7, 11) is -4.40. The second-order valence-corrected chi connectivity index (χ2v) is 27.3. The Balaban J connectivity index is 3.81. The molecule has 0 aliphatic carbocycles. The molecule has 0 aromatic heterocycles. The van der Waals surface area contributed by atoms with Crippen LogP contribution in [0, 0.1) is 0 Å². The second kappa shape index (κ2) is 76.0. The fourth-order valence-electron chi connectivity index (χ4n) is 11.3. The number of esters is 2. The van der Waals surface area contributed by atoms with Crippen molar-refractivity contribution in [1.82, 2.24) is 0 Å². The Hall–Kier alpha value is -3.07. The minimum atomic E-state index is -4.40. The van der Waals surface area contributed by atoms with Crippen molar-refractivity contribution in [3.63, 3.8) is 0 Å². The molecule has 0 aliphatic heterocycles. The van der Waals surface area contributed by atoms with Crippen molar-refractivity contribution in [2.75, 3.05) is 26.4 Å². The van der Waals surface area contributed by atoms with Gasteiger partial charge in [-0.2, -0.15) is 0 Å². The normalized spacial score (nSPS) is 13.4. The maximum Gasteiger partial charge on any atom is 0.472 e. The van der Waals surface area contributed by atoms with Crippen LogP contribution in [-0.4, -0.2) is 49.3 Å². The molecule has 91 heavy (non-hydrogen) atoms. The Morgan fingerprint density at radius 2 is 0.604 bits per heavy atom. The highest BCUT2D eigenvalue weighted by molar-refractivity contribution is 7.47. The van der Waals surface area contributed by atoms with Crippen LogP contribution in [0.25, 0.3) is 0 Å². The average Bonchev–Trinajstić information content (AvgIpc) is 3.71. The van der Waals surface area contributed by atoms with E-state index < -0.39 is 26.5 Å². The van der Waals surface area contributed by atoms with Crippen LogP contribution in [0.4, 0.5) is 0 Å². The van der Waals surface area contributed by atoms with Gasteiger partial charge in [-0.1, -0.05) is 361 Å². The predicted molar refractivity (Wildman–Crippen MR) is 395 cm³/mol.